The maximum atomic E-state index is 11.1. The van der Waals surface area contributed by atoms with Gasteiger partial charge in [0.2, 0.25) is 0 Å². The van der Waals surface area contributed by atoms with Gasteiger partial charge in [-0.1, -0.05) is 77.3 Å². The average Bonchev–Trinajstić information content (AvgIpc) is 2.41. The summed E-state index contributed by atoms with van der Waals surface area (Å²) in [4.78, 5) is 11.1. The number of hydrogen-bond donors (Lipinski definition) is 1. The van der Waals surface area contributed by atoms with Crippen LogP contribution in [0.5, 0.6) is 0 Å². The standard InChI is InChI=1S/C16H33NO2/c1-4-7-10-12-15(17-19)16(18,13-9-6-3)14-11-8-5-2/h15,18H,4-14H2,1-3H3. The van der Waals surface area contributed by atoms with Crippen LogP contribution in [0.2, 0.25) is 0 Å². The minimum Gasteiger partial charge on any atom is -0.388 e. The summed E-state index contributed by atoms with van der Waals surface area (Å²) in [5.74, 6) is 0. The third kappa shape index (κ3) is 7.66. The Labute approximate surface area is 119 Å². The van der Waals surface area contributed by atoms with Crippen LogP contribution >= 0.6 is 0 Å². The molecule has 1 N–H and O–H groups in total. The zero-order chi connectivity index (χ0) is 14.6. The van der Waals surface area contributed by atoms with Gasteiger partial charge in [0.15, 0.2) is 0 Å². The van der Waals surface area contributed by atoms with Crippen LogP contribution in [0, 0.1) is 4.91 Å². The van der Waals surface area contributed by atoms with Crippen molar-refractivity contribution in [2.24, 2.45) is 5.18 Å². The van der Waals surface area contributed by atoms with Crippen LogP contribution in [-0.2, 0) is 0 Å². The van der Waals surface area contributed by atoms with E-state index in [-0.39, 0.29) is 0 Å². The zero-order valence-corrected chi connectivity index (χ0v) is 13.2. The Morgan fingerprint density at radius 3 is 1.95 bits per heavy atom. The van der Waals surface area contributed by atoms with Crippen LogP contribution in [-0.4, -0.2) is 16.7 Å². The molecule has 3 heteroatoms. The average molecular weight is 271 g/mol. The summed E-state index contributed by atoms with van der Waals surface area (Å²) in [5, 5.41) is 14.1. The monoisotopic (exact) mass is 271 g/mol. The Kier molecular flexibility index (Phi) is 11.1. The first-order chi connectivity index (χ1) is 9.14. The molecule has 3 nitrogen and oxygen atoms in total. The van der Waals surface area contributed by atoms with Gasteiger partial charge >= 0.3 is 0 Å². The molecule has 2 atom stereocenters. The van der Waals surface area contributed by atoms with Crippen molar-refractivity contribution >= 4 is 0 Å². The van der Waals surface area contributed by atoms with Crippen molar-refractivity contribution in [3.8, 4) is 0 Å². The van der Waals surface area contributed by atoms with E-state index in [4.69, 9.17) is 0 Å². The van der Waals surface area contributed by atoms with Gasteiger partial charge in [-0.15, -0.1) is 0 Å². The summed E-state index contributed by atoms with van der Waals surface area (Å²) in [6.45, 7) is 6.42. The summed E-state index contributed by atoms with van der Waals surface area (Å²) < 4.78 is 0. The van der Waals surface area contributed by atoms with Crippen molar-refractivity contribution in [1.82, 2.24) is 0 Å². The Bertz CT molecular complexity index is 221. The lowest BCUT2D eigenvalue weighted by atomic mass is 9.82. The fraction of sp³-hybridized carbons (Fsp3) is 1.00. The quantitative estimate of drug-likeness (QED) is 0.369. The highest BCUT2D eigenvalue weighted by Crippen LogP contribution is 2.30. The van der Waals surface area contributed by atoms with Crippen molar-refractivity contribution in [2.75, 3.05) is 0 Å². The van der Waals surface area contributed by atoms with E-state index >= 15 is 0 Å². The van der Waals surface area contributed by atoms with Crippen LogP contribution in [0.1, 0.15) is 91.4 Å². The molecular formula is C16H33NO2. The molecule has 0 aromatic rings. The van der Waals surface area contributed by atoms with E-state index in [1.807, 2.05) is 0 Å². The van der Waals surface area contributed by atoms with Crippen LogP contribution in [0.15, 0.2) is 5.18 Å². The maximum Gasteiger partial charge on any atom is 0.120 e. The van der Waals surface area contributed by atoms with Gasteiger partial charge in [0.1, 0.15) is 6.04 Å². The van der Waals surface area contributed by atoms with Crippen LogP contribution in [0.3, 0.4) is 0 Å². The number of hydrogen-bond acceptors (Lipinski definition) is 3. The van der Waals surface area contributed by atoms with Gasteiger partial charge in [-0.05, 0) is 19.3 Å². The van der Waals surface area contributed by atoms with Crippen molar-refractivity contribution in [1.29, 1.82) is 0 Å². The Balaban J connectivity index is 4.49. The van der Waals surface area contributed by atoms with Crippen LogP contribution in [0.4, 0.5) is 0 Å². The molecule has 0 aromatic carbocycles. The third-order valence-corrected chi connectivity index (χ3v) is 4.01. The highest BCUT2D eigenvalue weighted by Gasteiger charge is 2.36. The van der Waals surface area contributed by atoms with Crippen LogP contribution in [0.25, 0.3) is 0 Å². The molecule has 0 spiro atoms. The first-order valence-electron chi connectivity index (χ1n) is 8.19. The summed E-state index contributed by atoms with van der Waals surface area (Å²) in [6.07, 6.45) is 10.7. The zero-order valence-electron chi connectivity index (χ0n) is 13.2. The van der Waals surface area contributed by atoms with E-state index in [1.165, 1.54) is 0 Å². The molecule has 0 saturated carbocycles. The number of aliphatic hydroxyl groups is 1. The fourth-order valence-corrected chi connectivity index (χ4v) is 2.63. The Hall–Kier alpha value is -0.440. The van der Waals surface area contributed by atoms with Crippen molar-refractivity contribution < 1.29 is 5.11 Å². The third-order valence-electron chi connectivity index (χ3n) is 4.01. The summed E-state index contributed by atoms with van der Waals surface area (Å²) >= 11 is 0. The molecule has 0 aliphatic rings. The molecule has 0 amide bonds. The molecule has 19 heavy (non-hydrogen) atoms. The van der Waals surface area contributed by atoms with E-state index in [0.717, 1.165) is 70.6 Å². The normalized spacial score (nSPS) is 16.0. The lowest BCUT2D eigenvalue weighted by Crippen LogP contribution is -2.41. The molecule has 0 aromatic heterocycles. The van der Waals surface area contributed by atoms with Gasteiger partial charge in [0.25, 0.3) is 0 Å². The smallest absolute Gasteiger partial charge is 0.120 e. The molecule has 0 heterocycles. The second kappa shape index (κ2) is 11.4. The molecule has 0 radical (unpaired) electrons. The lowest BCUT2D eigenvalue weighted by molar-refractivity contribution is -0.00903. The van der Waals surface area contributed by atoms with Crippen molar-refractivity contribution in [3.05, 3.63) is 4.91 Å². The molecule has 2 unspecified atom stereocenters. The molecule has 0 saturated heterocycles. The Morgan fingerprint density at radius 1 is 0.895 bits per heavy atom. The molecule has 0 aliphatic carbocycles. The molecule has 114 valence electrons. The number of rotatable bonds is 13. The van der Waals surface area contributed by atoms with E-state index in [1.54, 1.807) is 0 Å². The summed E-state index contributed by atoms with van der Waals surface area (Å²) in [6, 6.07) is -0.414. The topological polar surface area (TPSA) is 49.7 Å². The Morgan fingerprint density at radius 2 is 1.42 bits per heavy atom. The van der Waals surface area contributed by atoms with Gasteiger partial charge in [-0.2, -0.15) is 4.91 Å². The van der Waals surface area contributed by atoms with Crippen molar-refractivity contribution in [3.63, 3.8) is 0 Å². The van der Waals surface area contributed by atoms with E-state index in [0.29, 0.717) is 0 Å². The van der Waals surface area contributed by atoms with Gasteiger partial charge in [-0.3, -0.25) is 0 Å². The SMILES string of the molecule is CCCCCC(N=O)C(O)(CCCC)CCCCC. The van der Waals surface area contributed by atoms with Gasteiger partial charge in [0.05, 0.1) is 5.60 Å². The highest BCUT2D eigenvalue weighted by molar-refractivity contribution is 4.91. The molecule has 0 bridgehead atoms. The predicted molar refractivity (Wildman–Crippen MR) is 82.3 cm³/mol. The molecule has 0 fully saturated rings. The van der Waals surface area contributed by atoms with E-state index < -0.39 is 11.6 Å². The first kappa shape index (κ1) is 18.6. The minimum atomic E-state index is -0.860. The van der Waals surface area contributed by atoms with E-state index in [2.05, 4.69) is 25.9 Å². The van der Waals surface area contributed by atoms with Gasteiger partial charge in [0, 0.05) is 0 Å². The van der Waals surface area contributed by atoms with Crippen LogP contribution < -0.4 is 0 Å². The highest BCUT2D eigenvalue weighted by atomic mass is 16.3. The first-order valence-corrected chi connectivity index (χ1v) is 8.19. The lowest BCUT2D eigenvalue weighted by Gasteiger charge is -2.32. The maximum absolute atomic E-state index is 11.1. The largest absolute Gasteiger partial charge is 0.388 e. The summed E-state index contributed by atoms with van der Waals surface area (Å²) in [5.41, 5.74) is -0.860. The second-order valence-corrected chi connectivity index (χ2v) is 5.78. The number of nitrogens with zero attached hydrogens (tertiary/aromatic N) is 1. The number of nitroso groups, excluding NO2 is 1. The molecular weight excluding hydrogens is 238 g/mol. The summed E-state index contributed by atoms with van der Waals surface area (Å²) in [7, 11) is 0. The minimum absolute atomic E-state index is 0.414. The van der Waals surface area contributed by atoms with Gasteiger partial charge < -0.3 is 5.11 Å². The predicted octanol–water partition coefficient (Wildman–Crippen LogP) is 5.20. The van der Waals surface area contributed by atoms with Gasteiger partial charge in [-0.25, -0.2) is 0 Å². The second-order valence-electron chi connectivity index (χ2n) is 5.78. The van der Waals surface area contributed by atoms with E-state index in [9.17, 15) is 10.0 Å². The van der Waals surface area contributed by atoms with Crippen molar-refractivity contribution in [2.45, 2.75) is 103 Å². The molecule has 0 rings (SSSR count). The number of unbranched alkanes of at least 4 members (excludes halogenated alkanes) is 5. The fourth-order valence-electron chi connectivity index (χ4n) is 2.63. The molecule has 0 aliphatic heterocycles.